The normalized spacial score (nSPS) is 17.8. The van der Waals surface area contributed by atoms with Crippen LogP contribution in [0, 0.1) is 6.92 Å². The quantitative estimate of drug-likeness (QED) is 0.780. The summed E-state index contributed by atoms with van der Waals surface area (Å²) in [4.78, 5) is 11.9. The van der Waals surface area contributed by atoms with Crippen LogP contribution in [0.2, 0.25) is 0 Å². The van der Waals surface area contributed by atoms with E-state index >= 15 is 0 Å². The van der Waals surface area contributed by atoms with Crippen molar-refractivity contribution in [3.63, 3.8) is 0 Å². The standard InChI is InChI=1S/C12H16N6O3S/c1-8-5-10(15-21-8)13-11(19)7-22-12-14-16-17-18(12)6-9-3-2-4-20-9/h5,9H,2-4,6-7H2,1H3,(H,13,15,19)/t9-/m1/s1. The molecule has 3 heterocycles. The number of hydrogen-bond donors (Lipinski definition) is 1. The third-order valence-corrected chi connectivity index (χ3v) is 4.08. The molecule has 1 aliphatic rings. The molecule has 0 aromatic carbocycles. The molecule has 22 heavy (non-hydrogen) atoms. The summed E-state index contributed by atoms with van der Waals surface area (Å²) in [6.45, 7) is 3.16. The van der Waals surface area contributed by atoms with Crippen LogP contribution in [0.5, 0.6) is 0 Å². The number of amides is 1. The van der Waals surface area contributed by atoms with E-state index in [2.05, 4.69) is 26.0 Å². The zero-order chi connectivity index (χ0) is 15.4. The summed E-state index contributed by atoms with van der Waals surface area (Å²) in [5.74, 6) is 1.05. The first kappa shape index (κ1) is 15.0. The maximum absolute atomic E-state index is 11.9. The predicted octanol–water partition coefficient (Wildman–Crippen LogP) is 0.879. The van der Waals surface area contributed by atoms with Crippen LogP contribution >= 0.6 is 11.8 Å². The van der Waals surface area contributed by atoms with Gasteiger partial charge in [0.25, 0.3) is 0 Å². The van der Waals surface area contributed by atoms with Crippen molar-refractivity contribution in [1.82, 2.24) is 25.4 Å². The van der Waals surface area contributed by atoms with Crippen LogP contribution in [-0.2, 0) is 16.1 Å². The lowest BCUT2D eigenvalue weighted by atomic mass is 10.2. The third-order valence-electron chi connectivity index (χ3n) is 3.13. The Hall–Kier alpha value is -1.94. The number of carbonyl (C=O) groups is 1. The molecule has 0 radical (unpaired) electrons. The largest absolute Gasteiger partial charge is 0.376 e. The molecule has 0 unspecified atom stereocenters. The molecule has 10 heteroatoms. The van der Waals surface area contributed by atoms with Gasteiger partial charge in [-0.05, 0) is 30.2 Å². The summed E-state index contributed by atoms with van der Waals surface area (Å²) in [6.07, 6.45) is 2.22. The minimum Gasteiger partial charge on any atom is -0.376 e. The van der Waals surface area contributed by atoms with Gasteiger partial charge in [-0.2, -0.15) is 0 Å². The number of tetrazole rings is 1. The van der Waals surface area contributed by atoms with E-state index in [0.717, 1.165) is 19.4 Å². The number of aromatic nitrogens is 5. The molecule has 3 rings (SSSR count). The van der Waals surface area contributed by atoms with E-state index in [-0.39, 0.29) is 17.8 Å². The molecule has 1 aliphatic heterocycles. The van der Waals surface area contributed by atoms with Crippen molar-refractivity contribution in [2.75, 3.05) is 17.7 Å². The molecule has 1 saturated heterocycles. The summed E-state index contributed by atoms with van der Waals surface area (Å²) in [5, 5.41) is 18.5. The Morgan fingerprint density at radius 2 is 2.50 bits per heavy atom. The number of thioether (sulfide) groups is 1. The van der Waals surface area contributed by atoms with Gasteiger partial charge in [-0.1, -0.05) is 16.9 Å². The highest BCUT2D eigenvalue weighted by atomic mass is 32.2. The molecule has 2 aromatic heterocycles. The zero-order valence-corrected chi connectivity index (χ0v) is 12.9. The van der Waals surface area contributed by atoms with E-state index in [1.807, 2.05) is 0 Å². The van der Waals surface area contributed by atoms with E-state index in [1.54, 1.807) is 17.7 Å². The topological polar surface area (TPSA) is 108 Å². The molecule has 0 aliphatic carbocycles. The van der Waals surface area contributed by atoms with Gasteiger partial charge in [0.15, 0.2) is 5.82 Å². The van der Waals surface area contributed by atoms with E-state index in [0.29, 0.717) is 23.3 Å². The second-order valence-electron chi connectivity index (χ2n) is 4.94. The first-order chi connectivity index (χ1) is 10.7. The van der Waals surface area contributed by atoms with Crippen LogP contribution in [0.25, 0.3) is 0 Å². The predicted molar refractivity (Wildman–Crippen MR) is 77.4 cm³/mol. The third kappa shape index (κ3) is 3.83. The fraction of sp³-hybridized carbons (Fsp3) is 0.583. The summed E-state index contributed by atoms with van der Waals surface area (Å²) >= 11 is 1.27. The molecule has 1 N–H and O–H groups in total. The van der Waals surface area contributed by atoms with Gasteiger partial charge >= 0.3 is 0 Å². The van der Waals surface area contributed by atoms with E-state index in [9.17, 15) is 4.79 Å². The van der Waals surface area contributed by atoms with Crippen LogP contribution in [0.4, 0.5) is 5.82 Å². The zero-order valence-electron chi connectivity index (χ0n) is 12.1. The van der Waals surface area contributed by atoms with Crippen molar-refractivity contribution >= 4 is 23.5 Å². The molecule has 9 nitrogen and oxygen atoms in total. The van der Waals surface area contributed by atoms with E-state index in [4.69, 9.17) is 9.26 Å². The van der Waals surface area contributed by atoms with Gasteiger partial charge in [0.2, 0.25) is 11.1 Å². The molecule has 118 valence electrons. The number of nitrogens with zero attached hydrogens (tertiary/aromatic N) is 5. The van der Waals surface area contributed by atoms with Gasteiger partial charge in [0.05, 0.1) is 18.4 Å². The summed E-state index contributed by atoms with van der Waals surface area (Å²) < 4.78 is 12.1. The molecular weight excluding hydrogens is 308 g/mol. The van der Waals surface area contributed by atoms with Crippen molar-refractivity contribution < 1.29 is 14.1 Å². The van der Waals surface area contributed by atoms with Gasteiger partial charge in [0, 0.05) is 12.7 Å². The van der Waals surface area contributed by atoms with Crippen molar-refractivity contribution in [2.24, 2.45) is 0 Å². The number of aryl methyl sites for hydroxylation is 1. The lowest BCUT2D eigenvalue weighted by Crippen LogP contribution is -2.18. The van der Waals surface area contributed by atoms with Gasteiger partial charge in [-0.25, -0.2) is 4.68 Å². The highest BCUT2D eigenvalue weighted by molar-refractivity contribution is 7.99. The van der Waals surface area contributed by atoms with Crippen LogP contribution < -0.4 is 5.32 Å². The molecule has 2 aromatic rings. The van der Waals surface area contributed by atoms with Crippen molar-refractivity contribution in [1.29, 1.82) is 0 Å². The average molecular weight is 324 g/mol. The molecule has 0 bridgehead atoms. The summed E-state index contributed by atoms with van der Waals surface area (Å²) in [7, 11) is 0. The number of nitrogens with one attached hydrogen (secondary N) is 1. The van der Waals surface area contributed by atoms with Gasteiger partial charge in [-0.3, -0.25) is 4.79 Å². The van der Waals surface area contributed by atoms with E-state index in [1.165, 1.54) is 11.8 Å². The van der Waals surface area contributed by atoms with Crippen molar-refractivity contribution in [2.45, 2.75) is 37.6 Å². The Balaban J connectivity index is 1.50. The van der Waals surface area contributed by atoms with Crippen LogP contribution in [0.1, 0.15) is 18.6 Å². The number of rotatable bonds is 6. The second kappa shape index (κ2) is 6.88. The van der Waals surface area contributed by atoms with Crippen molar-refractivity contribution in [3.05, 3.63) is 11.8 Å². The molecule has 0 saturated carbocycles. The molecule has 0 spiro atoms. The lowest BCUT2D eigenvalue weighted by molar-refractivity contribution is -0.113. The van der Waals surface area contributed by atoms with Gasteiger partial charge < -0.3 is 14.6 Å². The fourth-order valence-corrected chi connectivity index (χ4v) is 2.82. The first-order valence-electron chi connectivity index (χ1n) is 6.94. The number of carbonyl (C=O) groups excluding carboxylic acids is 1. The van der Waals surface area contributed by atoms with Gasteiger partial charge in [-0.15, -0.1) is 5.10 Å². The number of hydrogen-bond acceptors (Lipinski definition) is 8. The highest BCUT2D eigenvalue weighted by Crippen LogP contribution is 2.18. The summed E-state index contributed by atoms with van der Waals surface area (Å²) in [6, 6.07) is 1.66. The SMILES string of the molecule is Cc1cc(NC(=O)CSc2nnnn2C[C@H]2CCCO2)no1. The van der Waals surface area contributed by atoms with Crippen LogP contribution in [0.3, 0.4) is 0 Å². The summed E-state index contributed by atoms with van der Waals surface area (Å²) in [5.41, 5.74) is 0. The Kier molecular flexibility index (Phi) is 4.68. The molecular formula is C12H16N6O3S. The molecule has 1 atom stereocenters. The molecule has 1 fully saturated rings. The van der Waals surface area contributed by atoms with Crippen LogP contribution in [-0.4, -0.2) is 49.7 Å². The maximum atomic E-state index is 11.9. The maximum Gasteiger partial charge on any atom is 0.236 e. The van der Waals surface area contributed by atoms with Crippen LogP contribution in [0.15, 0.2) is 15.7 Å². The monoisotopic (exact) mass is 324 g/mol. The minimum absolute atomic E-state index is 0.148. The number of ether oxygens (including phenoxy) is 1. The fourth-order valence-electron chi connectivity index (χ4n) is 2.13. The van der Waals surface area contributed by atoms with E-state index < -0.39 is 0 Å². The number of anilines is 1. The Bertz CT molecular complexity index is 636. The smallest absolute Gasteiger partial charge is 0.236 e. The first-order valence-corrected chi connectivity index (χ1v) is 7.93. The Morgan fingerprint density at radius 3 is 3.23 bits per heavy atom. The lowest BCUT2D eigenvalue weighted by Gasteiger charge is -2.09. The minimum atomic E-state index is -0.190. The average Bonchev–Trinajstić information content (AvgIpc) is 3.21. The Morgan fingerprint density at radius 1 is 1.59 bits per heavy atom. The highest BCUT2D eigenvalue weighted by Gasteiger charge is 2.19. The van der Waals surface area contributed by atoms with Crippen molar-refractivity contribution in [3.8, 4) is 0 Å². The van der Waals surface area contributed by atoms with Gasteiger partial charge in [0.1, 0.15) is 5.76 Å². The molecule has 1 amide bonds. The second-order valence-corrected chi connectivity index (χ2v) is 5.88. The Labute approximate surface area is 130 Å².